The normalized spacial score (nSPS) is 14.0. The van der Waals surface area contributed by atoms with Crippen LogP contribution in [0.4, 0.5) is 5.69 Å². The van der Waals surface area contributed by atoms with Gasteiger partial charge in [-0.2, -0.15) is 0 Å². The first kappa shape index (κ1) is 33.8. The van der Waals surface area contributed by atoms with Crippen molar-refractivity contribution in [2.45, 2.75) is 6.04 Å². The van der Waals surface area contributed by atoms with Crippen LogP contribution in [-0.4, -0.2) is 15.0 Å². The van der Waals surface area contributed by atoms with Crippen LogP contribution in [0.5, 0.6) is 0 Å². The van der Waals surface area contributed by atoms with Crippen molar-refractivity contribution in [3.8, 4) is 22.5 Å². The van der Waals surface area contributed by atoms with Crippen molar-refractivity contribution in [3.63, 3.8) is 0 Å². The third-order valence-electron chi connectivity index (χ3n) is 12.6. The summed E-state index contributed by atoms with van der Waals surface area (Å²) in [5, 5.41) is 10.9. The lowest BCUT2D eigenvalue weighted by Crippen LogP contribution is -2.32. The van der Waals surface area contributed by atoms with Crippen molar-refractivity contribution in [2.75, 3.05) is 0 Å². The number of rotatable bonds is 5. The zero-order valence-corrected chi connectivity index (χ0v) is 33.0. The molecule has 1 unspecified atom stereocenters. The standard InChI is InChI=1S/C56H36N4O/c1-3-14-35(15-4-1)56-57-47-22-10-7-20-42(47)55(58-56)44-21-13-25-52-54(44)43-29-28-39(34-53(43)61-52)60-49-24-12-9-19-41(49)46-33-37(27-31-51(46)60)36-26-30-50-45(32-36)40-18-8-11-23-48(40)59(50)38-16-5-2-6-17-38/h1-34,55H,(H,57,58). The monoisotopic (exact) mass is 780 g/mol. The van der Waals surface area contributed by atoms with E-state index in [0.717, 1.165) is 72.6 Å². The second-order valence-corrected chi connectivity index (χ2v) is 16.0. The van der Waals surface area contributed by atoms with E-state index in [1.54, 1.807) is 0 Å². The van der Waals surface area contributed by atoms with E-state index in [-0.39, 0.29) is 6.04 Å². The number of furan rings is 1. The van der Waals surface area contributed by atoms with E-state index in [1.807, 2.05) is 6.07 Å². The Balaban J connectivity index is 0.932. The van der Waals surface area contributed by atoms with Crippen LogP contribution >= 0.6 is 0 Å². The van der Waals surface area contributed by atoms with Crippen molar-refractivity contribution < 1.29 is 4.42 Å². The molecule has 0 spiro atoms. The molecular formula is C56H36N4O. The van der Waals surface area contributed by atoms with Gasteiger partial charge in [0.05, 0.1) is 33.8 Å². The molecule has 3 aromatic heterocycles. The Morgan fingerprint density at radius 1 is 0.393 bits per heavy atom. The van der Waals surface area contributed by atoms with E-state index in [2.05, 4.69) is 215 Å². The van der Waals surface area contributed by atoms with E-state index in [0.29, 0.717) is 0 Å². The van der Waals surface area contributed by atoms with Gasteiger partial charge in [0, 0.05) is 60.9 Å². The molecule has 5 heteroatoms. The van der Waals surface area contributed by atoms with E-state index in [4.69, 9.17) is 9.41 Å². The predicted molar refractivity (Wildman–Crippen MR) is 252 cm³/mol. The van der Waals surface area contributed by atoms with Gasteiger partial charge in [0.1, 0.15) is 17.0 Å². The Bertz CT molecular complexity index is 3740. The molecular weight excluding hydrogens is 745 g/mol. The molecule has 9 aromatic carbocycles. The second-order valence-electron chi connectivity index (χ2n) is 16.0. The molecule has 4 heterocycles. The maximum atomic E-state index is 6.75. The van der Waals surface area contributed by atoms with Gasteiger partial charge in [-0.3, -0.25) is 0 Å². The molecule has 13 rings (SSSR count). The molecule has 1 aliphatic heterocycles. The van der Waals surface area contributed by atoms with E-state index in [9.17, 15) is 0 Å². The van der Waals surface area contributed by atoms with Gasteiger partial charge in [-0.1, -0.05) is 127 Å². The lowest BCUT2D eigenvalue weighted by molar-refractivity contribution is 0.667. The Labute approximate surface area is 351 Å². The van der Waals surface area contributed by atoms with Crippen molar-refractivity contribution >= 4 is 77.1 Å². The zero-order valence-electron chi connectivity index (χ0n) is 33.0. The number of amidine groups is 1. The topological polar surface area (TPSA) is 47.4 Å². The fourth-order valence-electron chi connectivity index (χ4n) is 9.85. The summed E-state index contributed by atoms with van der Waals surface area (Å²) in [6, 6.07) is 73.6. The fourth-order valence-corrected chi connectivity index (χ4v) is 9.85. The number of fused-ring (bicyclic) bond motifs is 10. The Kier molecular flexibility index (Phi) is 7.30. The summed E-state index contributed by atoms with van der Waals surface area (Å²) in [5.74, 6) is 0.863. The molecule has 1 N–H and O–H groups in total. The summed E-state index contributed by atoms with van der Waals surface area (Å²) in [5.41, 5.74) is 15.4. The number of nitrogens with zero attached hydrogens (tertiary/aromatic N) is 3. The molecule has 12 aromatic rings. The smallest absolute Gasteiger partial charge is 0.137 e. The fraction of sp³-hybridized carbons (Fsp3) is 0.0179. The third kappa shape index (κ3) is 5.17. The van der Waals surface area contributed by atoms with Gasteiger partial charge in [0.2, 0.25) is 0 Å². The molecule has 1 aliphatic rings. The van der Waals surface area contributed by atoms with Crippen LogP contribution in [0, 0.1) is 0 Å². The summed E-state index contributed by atoms with van der Waals surface area (Å²) in [4.78, 5) is 5.05. The highest BCUT2D eigenvalue weighted by Crippen LogP contribution is 2.43. The summed E-state index contributed by atoms with van der Waals surface area (Å²) >= 11 is 0. The van der Waals surface area contributed by atoms with Crippen LogP contribution in [0.15, 0.2) is 216 Å². The number of nitrogens with one attached hydrogen (secondary N) is 1. The van der Waals surface area contributed by atoms with E-state index < -0.39 is 0 Å². The molecule has 0 amide bonds. The van der Waals surface area contributed by atoms with Gasteiger partial charge in [-0.25, -0.2) is 4.99 Å². The highest BCUT2D eigenvalue weighted by Gasteiger charge is 2.27. The first-order valence-electron chi connectivity index (χ1n) is 20.8. The maximum absolute atomic E-state index is 6.75. The summed E-state index contributed by atoms with van der Waals surface area (Å²) < 4.78 is 11.5. The highest BCUT2D eigenvalue weighted by atomic mass is 16.3. The second kappa shape index (κ2) is 13.2. The minimum Gasteiger partial charge on any atom is -0.456 e. The first-order chi connectivity index (χ1) is 30.2. The van der Waals surface area contributed by atoms with Crippen molar-refractivity contribution in [1.29, 1.82) is 0 Å². The quantitative estimate of drug-likeness (QED) is 0.189. The maximum Gasteiger partial charge on any atom is 0.137 e. The van der Waals surface area contributed by atoms with Gasteiger partial charge >= 0.3 is 0 Å². The van der Waals surface area contributed by atoms with Crippen LogP contribution in [0.1, 0.15) is 22.7 Å². The Morgan fingerprint density at radius 3 is 1.70 bits per heavy atom. The molecule has 0 saturated carbocycles. The van der Waals surface area contributed by atoms with Crippen LogP contribution in [0.25, 0.3) is 88.1 Å². The largest absolute Gasteiger partial charge is 0.456 e. The zero-order chi connectivity index (χ0) is 40.0. The molecule has 1 atom stereocenters. The number of para-hydroxylation sites is 4. The van der Waals surface area contributed by atoms with Gasteiger partial charge in [-0.15, -0.1) is 0 Å². The SMILES string of the molecule is c1ccc(C2=Nc3ccccc3C(c3cccc4oc5cc(-n6c7ccccc7c7cc(-c8ccc9c(c8)c8ccccc8n9-c8ccccc8)ccc76)ccc5c34)N2)cc1. The Hall–Kier alpha value is -8.15. The van der Waals surface area contributed by atoms with Gasteiger partial charge in [0.15, 0.2) is 0 Å². The van der Waals surface area contributed by atoms with Crippen molar-refractivity contribution in [2.24, 2.45) is 4.99 Å². The average molecular weight is 781 g/mol. The minimum atomic E-state index is -0.108. The van der Waals surface area contributed by atoms with Crippen LogP contribution < -0.4 is 5.32 Å². The number of hydrogen-bond acceptors (Lipinski definition) is 3. The number of aliphatic imine (C=N–C) groups is 1. The molecule has 0 aliphatic carbocycles. The van der Waals surface area contributed by atoms with Crippen molar-refractivity contribution in [1.82, 2.24) is 14.5 Å². The third-order valence-corrected chi connectivity index (χ3v) is 12.6. The first-order valence-corrected chi connectivity index (χ1v) is 20.8. The number of aromatic nitrogens is 2. The molecule has 0 saturated heterocycles. The Morgan fingerprint density at radius 2 is 0.984 bits per heavy atom. The molecule has 5 nitrogen and oxygen atoms in total. The predicted octanol–water partition coefficient (Wildman–Crippen LogP) is 14.2. The highest BCUT2D eigenvalue weighted by molar-refractivity contribution is 6.14. The number of benzene rings is 9. The lowest BCUT2D eigenvalue weighted by atomic mass is 9.91. The molecule has 0 radical (unpaired) electrons. The number of hydrogen-bond donors (Lipinski definition) is 1. The summed E-state index contributed by atoms with van der Waals surface area (Å²) in [6.07, 6.45) is 0. The van der Waals surface area contributed by atoms with Crippen LogP contribution in [0.3, 0.4) is 0 Å². The molecule has 0 bridgehead atoms. The van der Waals surface area contributed by atoms with Crippen LogP contribution in [0.2, 0.25) is 0 Å². The molecule has 0 fully saturated rings. The lowest BCUT2D eigenvalue weighted by Gasteiger charge is -2.28. The molecule has 61 heavy (non-hydrogen) atoms. The van der Waals surface area contributed by atoms with Crippen LogP contribution in [-0.2, 0) is 0 Å². The van der Waals surface area contributed by atoms with Gasteiger partial charge < -0.3 is 18.9 Å². The van der Waals surface area contributed by atoms with E-state index in [1.165, 1.54) is 43.7 Å². The summed E-state index contributed by atoms with van der Waals surface area (Å²) in [7, 11) is 0. The summed E-state index contributed by atoms with van der Waals surface area (Å²) in [6.45, 7) is 0. The van der Waals surface area contributed by atoms with Gasteiger partial charge in [0.25, 0.3) is 0 Å². The van der Waals surface area contributed by atoms with E-state index >= 15 is 0 Å². The molecule has 286 valence electrons. The minimum absolute atomic E-state index is 0.108. The average Bonchev–Trinajstić information content (AvgIpc) is 3.98. The van der Waals surface area contributed by atoms with Crippen molar-refractivity contribution in [3.05, 3.63) is 223 Å². The van der Waals surface area contributed by atoms with Gasteiger partial charge in [-0.05, 0) is 89.5 Å².